The second kappa shape index (κ2) is 7.77. The van der Waals surface area contributed by atoms with E-state index in [-0.39, 0.29) is 18.9 Å². The Labute approximate surface area is 189 Å². The van der Waals surface area contributed by atoms with Crippen LogP contribution in [0.15, 0.2) is 48.6 Å². The van der Waals surface area contributed by atoms with Gasteiger partial charge >= 0.3 is 18.9 Å². The van der Waals surface area contributed by atoms with Gasteiger partial charge in [0, 0.05) is 0 Å². The number of allylic oxidation sites excluding steroid dienone is 3. The Bertz CT molecular complexity index is 998. The van der Waals surface area contributed by atoms with Gasteiger partial charge in [0.15, 0.2) is 0 Å². The molecule has 2 aromatic carbocycles. The molecule has 0 saturated heterocycles. The molecule has 0 bridgehead atoms. The van der Waals surface area contributed by atoms with E-state index >= 15 is 0 Å². The summed E-state index contributed by atoms with van der Waals surface area (Å²) in [7, 11) is -1.64. The number of hydrogen-bond donors (Lipinski definition) is 0. The minimum atomic E-state index is -1.64. The predicted octanol–water partition coefficient (Wildman–Crippen LogP) is 6.65. The zero-order valence-corrected chi connectivity index (χ0v) is 18.8. The summed E-state index contributed by atoms with van der Waals surface area (Å²) in [5, 5.41) is 0. The molecule has 3 atom stereocenters. The van der Waals surface area contributed by atoms with E-state index in [1.54, 1.807) is 27.8 Å². The third-order valence-electron chi connectivity index (χ3n) is 7.80. The first-order chi connectivity index (χ1) is 13.5. The van der Waals surface area contributed by atoms with Gasteiger partial charge < -0.3 is 0 Å². The number of benzene rings is 2. The van der Waals surface area contributed by atoms with Crippen LogP contribution < -0.4 is 0 Å². The van der Waals surface area contributed by atoms with Crippen molar-refractivity contribution < 1.29 is 0 Å². The summed E-state index contributed by atoms with van der Waals surface area (Å²) in [4.78, 5) is 0. The number of aryl methyl sites for hydroxylation is 2. The van der Waals surface area contributed by atoms with Crippen molar-refractivity contribution in [2.75, 3.05) is 0 Å². The van der Waals surface area contributed by atoms with Crippen molar-refractivity contribution in [2.24, 2.45) is 5.92 Å². The molecule has 0 saturated carbocycles. The third kappa shape index (κ3) is 3.27. The number of rotatable bonds is 4. The fourth-order valence-corrected chi connectivity index (χ4v) is 9.57. The van der Waals surface area contributed by atoms with Gasteiger partial charge in [0.05, 0.1) is 8.07 Å². The molecule has 0 fully saturated rings. The Morgan fingerprint density at radius 2 is 1.72 bits per heavy atom. The molecule has 3 aliphatic rings. The van der Waals surface area contributed by atoms with E-state index in [1.807, 2.05) is 0 Å². The molecule has 0 nitrogen and oxygen atoms in total. The topological polar surface area (TPSA) is 0 Å². The normalized spacial score (nSPS) is 22.6. The van der Waals surface area contributed by atoms with Crippen molar-refractivity contribution in [3.05, 3.63) is 81.9 Å². The van der Waals surface area contributed by atoms with E-state index in [2.05, 4.69) is 81.6 Å². The van der Waals surface area contributed by atoms with Crippen LogP contribution >= 0.6 is 0 Å². The zero-order chi connectivity index (χ0) is 19.5. The zero-order valence-electron chi connectivity index (χ0n) is 17.8. The second-order valence-corrected chi connectivity index (χ2v) is 14.6. The van der Waals surface area contributed by atoms with Gasteiger partial charge in [-0.3, -0.25) is 0 Å². The summed E-state index contributed by atoms with van der Waals surface area (Å²) in [5.41, 5.74) is 12.3. The Morgan fingerprint density at radius 1 is 1.00 bits per heavy atom. The molecule has 0 spiro atoms. The number of fused-ring (bicyclic) bond motifs is 3. The van der Waals surface area contributed by atoms with Crippen LogP contribution in [0.25, 0.3) is 11.6 Å². The molecule has 0 N–H and O–H groups in total. The SMILES string of the molecule is CCC(C)C1=CC([Si](C)(C)C2C=Cc3cc4c(cc32)CCC4)c2ccccc21.[LiH]. The summed E-state index contributed by atoms with van der Waals surface area (Å²) in [6.45, 7) is 9.97. The van der Waals surface area contributed by atoms with Gasteiger partial charge in [-0.2, -0.15) is 0 Å². The molecule has 3 unspecified atom stereocenters. The van der Waals surface area contributed by atoms with Gasteiger partial charge in [-0.15, -0.1) is 0 Å². The Kier molecular flexibility index (Phi) is 5.62. The van der Waals surface area contributed by atoms with Crippen molar-refractivity contribution in [3.8, 4) is 0 Å². The van der Waals surface area contributed by atoms with Crippen molar-refractivity contribution >= 4 is 38.6 Å². The molecule has 29 heavy (non-hydrogen) atoms. The van der Waals surface area contributed by atoms with Crippen LogP contribution in [-0.2, 0) is 12.8 Å². The van der Waals surface area contributed by atoms with Crippen LogP contribution in [0.3, 0.4) is 0 Å². The van der Waals surface area contributed by atoms with Crippen molar-refractivity contribution in [1.82, 2.24) is 0 Å². The average Bonchev–Trinajstić information content (AvgIpc) is 3.41. The minimum absolute atomic E-state index is 0. The van der Waals surface area contributed by atoms with Gasteiger partial charge in [-0.1, -0.05) is 81.6 Å². The van der Waals surface area contributed by atoms with E-state index < -0.39 is 8.07 Å². The van der Waals surface area contributed by atoms with Gasteiger partial charge in [-0.25, -0.2) is 0 Å². The Balaban J connectivity index is 0.00000205. The summed E-state index contributed by atoms with van der Waals surface area (Å²) in [5.74, 6) is 0.644. The first-order valence-electron chi connectivity index (χ1n) is 11.2. The quantitative estimate of drug-likeness (QED) is 0.511. The van der Waals surface area contributed by atoms with Crippen molar-refractivity contribution in [1.29, 1.82) is 0 Å². The molecule has 146 valence electrons. The molecule has 3 aliphatic carbocycles. The molecule has 0 amide bonds. The van der Waals surface area contributed by atoms with Gasteiger partial charge in [0.1, 0.15) is 0 Å². The fourth-order valence-electron chi connectivity index (χ4n) is 5.88. The number of hydrogen-bond acceptors (Lipinski definition) is 0. The van der Waals surface area contributed by atoms with E-state index in [4.69, 9.17) is 0 Å². The van der Waals surface area contributed by atoms with Crippen LogP contribution in [0.1, 0.15) is 71.2 Å². The van der Waals surface area contributed by atoms with Gasteiger partial charge in [0.2, 0.25) is 0 Å². The molecular formula is C27H33LiSi. The van der Waals surface area contributed by atoms with Crippen molar-refractivity contribution in [2.45, 2.75) is 63.7 Å². The third-order valence-corrected chi connectivity index (χ3v) is 12.0. The molecule has 5 rings (SSSR count). The molecule has 2 aromatic rings. The first-order valence-corrected chi connectivity index (χ1v) is 14.3. The van der Waals surface area contributed by atoms with Crippen LogP contribution in [0.5, 0.6) is 0 Å². The Morgan fingerprint density at radius 3 is 2.48 bits per heavy atom. The molecule has 0 aromatic heterocycles. The standard InChI is InChI=1S/C27H32Si.Li.H/c1-5-18(2)24-17-27(23-12-7-6-11-22(23)24)28(3,4)26-14-13-21-15-19-9-8-10-20(19)16-25(21)26;;/h6-7,11-18,26-27H,5,8-10H2,1-4H3;;. The van der Waals surface area contributed by atoms with Gasteiger partial charge in [0.25, 0.3) is 0 Å². The summed E-state index contributed by atoms with van der Waals surface area (Å²) in [6, 6.07) is 14.3. The average molecular weight is 393 g/mol. The maximum absolute atomic E-state index is 2.67. The molecule has 0 radical (unpaired) electrons. The monoisotopic (exact) mass is 392 g/mol. The van der Waals surface area contributed by atoms with Crippen molar-refractivity contribution in [3.63, 3.8) is 0 Å². The summed E-state index contributed by atoms with van der Waals surface area (Å²) < 4.78 is 0. The second-order valence-electron chi connectivity index (χ2n) is 9.76. The van der Waals surface area contributed by atoms with E-state index in [0.29, 0.717) is 17.0 Å². The Hall–Kier alpha value is -1.27. The van der Waals surface area contributed by atoms with E-state index in [9.17, 15) is 0 Å². The van der Waals surface area contributed by atoms with Gasteiger partial charge in [-0.05, 0) is 81.6 Å². The summed E-state index contributed by atoms with van der Waals surface area (Å²) in [6.07, 6.45) is 12.7. The van der Waals surface area contributed by atoms with E-state index in [1.165, 1.54) is 36.8 Å². The van der Waals surface area contributed by atoms with Crippen LogP contribution in [0, 0.1) is 5.92 Å². The molecular weight excluding hydrogens is 359 g/mol. The molecule has 0 heterocycles. The predicted molar refractivity (Wildman–Crippen MR) is 131 cm³/mol. The fraction of sp³-hybridized carbons (Fsp3) is 0.407. The molecule has 2 heteroatoms. The van der Waals surface area contributed by atoms with Crippen LogP contribution in [0.4, 0.5) is 0 Å². The maximum atomic E-state index is 2.67. The van der Waals surface area contributed by atoms with E-state index in [0.717, 1.165) is 0 Å². The van der Waals surface area contributed by atoms with Crippen LogP contribution in [0.2, 0.25) is 13.1 Å². The van der Waals surface area contributed by atoms with Crippen LogP contribution in [-0.4, -0.2) is 26.9 Å². The molecule has 0 aliphatic heterocycles. The summed E-state index contributed by atoms with van der Waals surface area (Å²) >= 11 is 0. The first kappa shape index (κ1) is 21.0.